The van der Waals surface area contributed by atoms with E-state index < -0.39 is 10.2 Å². The Labute approximate surface area is 54.8 Å². The van der Waals surface area contributed by atoms with Gasteiger partial charge in [-0.15, -0.1) is 6.42 Å². The zero-order chi connectivity index (χ0) is 7.49. The van der Waals surface area contributed by atoms with Crippen molar-refractivity contribution < 1.29 is 8.42 Å². The van der Waals surface area contributed by atoms with Crippen LogP contribution in [0.5, 0.6) is 0 Å². The smallest absolute Gasteiger partial charge is 0.216 e. The molecule has 52 valence electrons. The van der Waals surface area contributed by atoms with Crippen molar-refractivity contribution in [2.24, 2.45) is 5.14 Å². The minimum Gasteiger partial charge on any atom is -0.216 e. The third-order valence-electron chi connectivity index (χ3n) is 0.748. The molecule has 0 spiro atoms. The maximum Gasteiger partial charge on any atom is 0.277 e. The summed E-state index contributed by atoms with van der Waals surface area (Å²) in [6.07, 6.45) is 4.81. The minimum atomic E-state index is -3.57. The first-order chi connectivity index (χ1) is 3.98. The van der Waals surface area contributed by atoms with Gasteiger partial charge in [-0.05, 0) is 0 Å². The second-order valence-electron chi connectivity index (χ2n) is 1.51. The highest BCUT2D eigenvalue weighted by Gasteiger charge is 2.07. The summed E-state index contributed by atoms with van der Waals surface area (Å²) in [6, 6.07) is 0. The first-order valence-electron chi connectivity index (χ1n) is 2.16. The van der Waals surface area contributed by atoms with Gasteiger partial charge in [-0.2, -0.15) is 12.7 Å². The Kier molecular flexibility index (Phi) is 2.65. The van der Waals surface area contributed by atoms with Crippen LogP contribution in [0.4, 0.5) is 0 Å². The summed E-state index contributed by atoms with van der Waals surface area (Å²) < 4.78 is 21.5. The average molecular weight is 148 g/mol. The Morgan fingerprint density at radius 2 is 2.22 bits per heavy atom. The molecule has 0 fully saturated rings. The molecule has 0 aliphatic rings. The van der Waals surface area contributed by atoms with Crippen molar-refractivity contribution >= 4 is 10.2 Å². The monoisotopic (exact) mass is 148 g/mol. The van der Waals surface area contributed by atoms with Crippen LogP contribution in [0.15, 0.2) is 0 Å². The first-order valence-corrected chi connectivity index (χ1v) is 3.66. The number of hydrogen-bond acceptors (Lipinski definition) is 2. The highest BCUT2D eigenvalue weighted by atomic mass is 32.2. The normalized spacial score (nSPS) is 11.3. The molecule has 0 aliphatic heterocycles. The van der Waals surface area contributed by atoms with Crippen molar-refractivity contribution in [2.45, 2.75) is 0 Å². The topological polar surface area (TPSA) is 63.4 Å². The minimum absolute atomic E-state index is 0.0127. The van der Waals surface area contributed by atoms with E-state index in [9.17, 15) is 8.42 Å². The maximum atomic E-state index is 10.3. The van der Waals surface area contributed by atoms with Gasteiger partial charge in [-0.1, -0.05) is 5.92 Å². The molecule has 0 unspecified atom stereocenters. The summed E-state index contributed by atoms with van der Waals surface area (Å²) in [5.74, 6) is 2.14. The number of nitrogens with two attached hydrogens (primary N) is 1. The molecule has 0 saturated heterocycles. The van der Waals surface area contributed by atoms with Gasteiger partial charge < -0.3 is 0 Å². The maximum absolute atomic E-state index is 10.3. The van der Waals surface area contributed by atoms with Crippen molar-refractivity contribution in [3.63, 3.8) is 0 Å². The average Bonchev–Trinajstić information content (AvgIpc) is 1.64. The Balaban J connectivity index is 4.10. The van der Waals surface area contributed by atoms with E-state index in [1.807, 2.05) is 0 Å². The van der Waals surface area contributed by atoms with Gasteiger partial charge >= 0.3 is 0 Å². The van der Waals surface area contributed by atoms with Crippen molar-refractivity contribution in [1.82, 2.24) is 4.31 Å². The van der Waals surface area contributed by atoms with Crippen LogP contribution < -0.4 is 5.14 Å². The number of hydrogen-bond donors (Lipinski definition) is 1. The van der Waals surface area contributed by atoms with E-state index in [2.05, 4.69) is 11.1 Å². The molecule has 5 heteroatoms. The van der Waals surface area contributed by atoms with Gasteiger partial charge in [0.1, 0.15) is 0 Å². The predicted octanol–water partition coefficient (Wildman–Crippen LogP) is -1.25. The van der Waals surface area contributed by atoms with E-state index in [0.29, 0.717) is 0 Å². The molecular weight excluding hydrogens is 140 g/mol. The van der Waals surface area contributed by atoms with Crippen LogP contribution in [0.3, 0.4) is 0 Å². The molecule has 0 rings (SSSR count). The van der Waals surface area contributed by atoms with Gasteiger partial charge in [-0.25, -0.2) is 5.14 Å². The SMILES string of the molecule is C#CCN(C)S(N)(=O)=O. The first kappa shape index (κ1) is 8.43. The molecule has 0 bridgehead atoms. The fourth-order valence-corrected chi connectivity index (χ4v) is 0.473. The Bertz CT molecular complexity index is 213. The highest BCUT2D eigenvalue weighted by molar-refractivity contribution is 7.86. The van der Waals surface area contributed by atoms with E-state index in [0.717, 1.165) is 4.31 Å². The molecule has 0 aromatic carbocycles. The molecule has 0 aliphatic carbocycles. The Hall–Kier alpha value is -0.570. The molecule has 0 atom stereocenters. The summed E-state index contributed by atoms with van der Waals surface area (Å²) in [4.78, 5) is 0. The lowest BCUT2D eigenvalue weighted by Gasteiger charge is -2.07. The van der Waals surface area contributed by atoms with Crippen molar-refractivity contribution in [2.75, 3.05) is 13.6 Å². The summed E-state index contributed by atoms with van der Waals surface area (Å²) in [7, 11) is -2.26. The third kappa shape index (κ3) is 3.08. The van der Waals surface area contributed by atoms with Crippen molar-refractivity contribution in [1.29, 1.82) is 0 Å². The lowest BCUT2D eigenvalue weighted by molar-refractivity contribution is 0.504. The van der Waals surface area contributed by atoms with Gasteiger partial charge in [0.2, 0.25) is 0 Å². The van der Waals surface area contributed by atoms with Crippen molar-refractivity contribution in [3.8, 4) is 12.3 Å². The van der Waals surface area contributed by atoms with E-state index in [1.165, 1.54) is 7.05 Å². The number of rotatable bonds is 2. The van der Waals surface area contributed by atoms with Crippen LogP contribution in [-0.2, 0) is 10.2 Å². The molecule has 0 aromatic rings. The molecular formula is C4H8N2O2S. The van der Waals surface area contributed by atoms with Crippen LogP contribution in [-0.4, -0.2) is 26.3 Å². The van der Waals surface area contributed by atoms with Gasteiger partial charge in [0, 0.05) is 7.05 Å². The lowest BCUT2D eigenvalue weighted by atomic mass is 10.7. The summed E-state index contributed by atoms with van der Waals surface area (Å²) in [5, 5.41) is 4.67. The van der Waals surface area contributed by atoms with Crippen LogP contribution >= 0.6 is 0 Å². The molecule has 4 nitrogen and oxygen atoms in total. The lowest BCUT2D eigenvalue weighted by Crippen LogP contribution is -2.33. The third-order valence-corrected chi connectivity index (χ3v) is 1.75. The van der Waals surface area contributed by atoms with Crippen LogP contribution in [0.1, 0.15) is 0 Å². The zero-order valence-corrected chi connectivity index (χ0v) is 5.85. The van der Waals surface area contributed by atoms with E-state index >= 15 is 0 Å². The molecule has 0 amide bonds. The van der Waals surface area contributed by atoms with Gasteiger partial charge in [0.05, 0.1) is 6.54 Å². The van der Waals surface area contributed by atoms with Crippen LogP contribution in [0.2, 0.25) is 0 Å². The largest absolute Gasteiger partial charge is 0.277 e. The van der Waals surface area contributed by atoms with Gasteiger partial charge in [0.15, 0.2) is 0 Å². The second-order valence-corrected chi connectivity index (χ2v) is 3.16. The second kappa shape index (κ2) is 2.82. The van der Waals surface area contributed by atoms with Gasteiger partial charge in [0.25, 0.3) is 10.2 Å². The van der Waals surface area contributed by atoms with E-state index in [1.54, 1.807) is 0 Å². The number of nitrogens with zero attached hydrogens (tertiary/aromatic N) is 1. The van der Waals surface area contributed by atoms with E-state index in [4.69, 9.17) is 6.42 Å². The molecule has 2 N–H and O–H groups in total. The van der Waals surface area contributed by atoms with Crippen LogP contribution in [0.25, 0.3) is 0 Å². The fraction of sp³-hybridized carbons (Fsp3) is 0.500. The quantitative estimate of drug-likeness (QED) is 0.497. The molecule has 9 heavy (non-hydrogen) atoms. The molecule has 0 radical (unpaired) electrons. The highest BCUT2D eigenvalue weighted by Crippen LogP contribution is 1.84. The Morgan fingerprint density at radius 1 is 1.78 bits per heavy atom. The fourth-order valence-electron chi connectivity index (χ4n) is 0.219. The number of terminal acetylenes is 1. The Morgan fingerprint density at radius 3 is 2.33 bits per heavy atom. The van der Waals surface area contributed by atoms with Crippen LogP contribution in [0, 0.1) is 12.3 Å². The molecule has 0 saturated carbocycles. The molecule has 0 aromatic heterocycles. The summed E-state index contributed by atoms with van der Waals surface area (Å²) >= 11 is 0. The predicted molar refractivity (Wildman–Crippen MR) is 34.6 cm³/mol. The molecule has 0 heterocycles. The van der Waals surface area contributed by atoms with Gasteiger partial charge in [-0.3, -0.25) is 0 Å². The van der Waals surface area contributed by atoms with Crippen molar-refractivity contribution in [3.05, 3.63) is 0 Å². The summed E-state index contributed by atoms with van der Waals surface area (Å²) in [5.41, 5.74) is 0. The zero-order valence-electron chi connectivity index (χ0n) is 5.03. The summed E-state index contributed by atoms with van der Waals surface area (Å²) in [6.45, 7) is 0.0127. The van der Waals surface area contributed by atoms with E-state index in [-0.39, 0.29) is 6.54 Å². The standard InChI is InChI=1S/C4H8N2O2S/c1-3-4-6(2)9(5,7)8/h1H,4H2,2H3,(H2,5,7,8).